The Morgan fingerprint density at radius 2 is 1.68 bits per heavy atom. The number of benzene rings is 3. The molecule has 1 aliphatic heterocycles. The maximum Gasteiger partial charge on any atom is 0.394 e. The molecular formula is C40H50F3N5O4S. The summed E-state index contributed by atoms with van der Waals surface area (Å²) < 4.78 is 78.8. The largest absolute Gasteiger partial charge is 0.475 e. The number of nitrogens with one attached hydrogen (secondary N) is 1. The minimum absolute atomic E-state index is 0. The first-order valence-corrected chi connectivity index (χ1v) is 19.5. The van der Waals surface area contributed by atoms with E-state index in [-0.39, 0.29) is 51.0 Å². The summed E-state index contributed by atoms with van der Waals surface area (Å²) in [7, 11) is -4.25. The molecule has 3 aromatic carbocycles. The third kappa shape index (κ3) is 8.67. The van der Waals surface area contributed by atoms with Crippen LogP contribution in [-0.2, 0) is 16.6 Å². The van der Waals surface area contributed by atoms with Crippen LogP contribution >= 0.6 is 0 Å². The third-order valence-corrected chi connectivity index (χ3v) is 12.0. The van der Waals surface area contributed by atoms with Crippen molar-refractivity contribution in [3.05, 3.63) is 101 Å². The van der Waals surface area contributed by atoms with Crippen LogP contribution in [0.2, 0.25) is 0 Å². The van der Waals surface area contributed by atoms with Gasteiger partial charge in [-0.1, -0.05) is 73.9 Å². The Morgan fingerprint density at radius 3 is 2.26 bits per heavy atom. The number of anilines is 1. The smallest absolute Gasteiger partial charge is 0.394 e. The molecular weight excluding hydrogens is 704 g/mol. The second kappa shape index (κ2) is 15.5. The van der Waals surface area contributed by atoms with Gasteiger partial charge in [0.15, 0.2) is 0 Å². The van der Waals surface area contributed by atoms with Crippen LogP contribution in [0.25, 0.3) is 11.3 Å². The van der Waals surface area contributed by atoms with Gasteiger partial charge in [0.25, 0.3) is 15.9 Å². The number of aryl methyl sites for hydroxylation is 2. The zero-order valence-corrected chi connectivity index (χ0v) is 31.0. The molecule has 53 heavy (non-hydrogen) atoms. The van der Waals surface area contributed by atoms with Crippen LogP contribution in [0.5, 0.6) is 5.88 Å². The molecule has 1 amide bonds. The van der Waals surface area contributed by atoms with Gasteiger partial charge in [-0.05, 0) is 87.3 Å². The van der Waals surface area contributed by atoms with E-state index in [4.69, 9.17) is 10.5 Å². The Bertz CT molecular complexity index is 2030. The van der Waals surface area contributed by atoms with Gasteiger partial charge >= 0.3 is 6.18 Å². The highest BCUT2D eigenvalue weighted by Gasteiger charge is 2.64. The van der Waals surface area contributed by atoms with Crippen molar-refractivity contribution in [3.63, 3.8) is 0 Å². The van der Waals surface area contributed by atoms with Crippen molar-refractivity contribution in [2.45, 2.75) is 95.4 Å². The summed E-state index contributed by atoms with van der Waals surface area (Å²) in [4.78, 5) is 24.4. The van der Waals surface area contributed by atoms with Crippen molar-refractivity contribution in [1.82, 2.24) is 14.9 Å². The molecule has 4 aromatic rings. The number of alkyl halides is 3. The molecule has 1 aromatic heterocycles. The lowest BCUT2D eigenvalue weighted by atomic mass is 9.80. The van der Waals surface area contributed by atoms with Gasteiger partial charge in [-0.2, -0.15) is 18.2 Å². The van der Waals surface area contributed by atoms with E-state index in [2.05, 4.69) is 14.7 Å². The second-order valence-electron chi connectivity index (χ2n) is 14.5. The van der Waals surface area contributed by atoms with E-state index in [9.17, 15) is 26.4 Å². The van der Waals surface area contributed by atoms with Crippen LogP contribution < -0.4 is 15.2 Å². The fourth-order valence-electron chi connectivity index (χ4n) is 7.30. The van der Waals surface area contributed by atoms with E-state index in [0.717, 1.165) is 36.0 Å². The average molecular weight is 754 g/mol. The van der Waals surface area contributed by atoms with Gasteiger partial charge in [-0.3, -0.25) is 4.79 Å². The minimum Gasteiger partial charge on any atom is -0.475 e. The predicted octanol–water partition coefficient (Wildman–Crippen LogP) is 8.71. The quantitative estimate of drug-likeness (QED) is 0.193. The molecule has 3 aliphatic rings. The van der Waals surface area contributed by atoms with Gasteiger partial charge < -0.3 is 15.4 Å². The molecule has 9 nitrogen and oxygen atoms in total. The van der Waals surface area contributed by atoms with Gasteiger partial charge in [0.05, 0.1) is 22.0 Å². The van der Waals surface area contributed by atoms with Gasteiger partial charge in [0, 0.05) is 32.6 Å². The van der Waals surface area contributed by atoms with Crippen molar-refractivity contribution >= 4 is 21.9 Å². The molecule has 2 aliphatic carbocycles. The molecule has 0 spiro atoms. The molecule has 286 valence electrons. The number of nitrogens with zero attached hydrogens (tertiary/aromatic N) is 3. The fraction of sp³-hybridized carbons (Fsp3) is 0.425. The van der Waals surface area contributed by atoms with E-state index < -0.39 is 39.6 Å². The van der Waals surface area contributed by atoms with E-state index >= 15 is 0 Å². The minimum atomic E-state index is -4.43. The highest BCUT2D eigenvalue weighted by Crippen LogP contribution is 2.61. The number of halogens is 3. The van der Waals surface area contributed by atoms with Gasteiger partial charge in [0.1, 0.15) is 6.61 Å². The van der Waals surface area contributed by atoms with Crippen LogP contribution in [0.3, 0.4) is 0 Å². The third-order valence-electron chi connectivity index (χ3n) is 10.6. The number of ether oxygens (including phenoxy) is 1. The predicted molar refractivity (Wildman–Crippen MR) is 202 cm³/mol. The van der Waals surface area contributed by atoms with Crippen LogP contribution in [-0.4, -0.2) is 54.1 Å². The van der Waals surface area contributed by atoms with Gasteiger partial charge in [0.2, 0.25) is 11.8 Å². The number of aromatic nitrogens is 2. The zero-order valence-electron chi connectivity index (χ0n) is 30.2. The molecule has 3 N–H and O–H groups in total. The second-order valence-corrected chi connectivity index (χ2v) is 16.2. The van der Waals surface area contributed by atoms with Crippen molar-refractivity contribution < 1.29 is 34.0 Å². The Morgan fingerprint density at radius 1 is 1.00 bits per heavy atom. The number of amides is 1. The first-order chi connectivity index (χ1) is 25.2. The van der Waals surface area contributed by atoms with E-state index in [1.54, 1.807) is 6.07 Å². The van der Waals surface area contributed by atoms with Gasteiger partial charge in [-0.25, -0.2) is 18.1 Å². The average Bonchev–Trinajstić information content (AvgIpc) is 3.90. The molecule has 7 rings (SSSR count). The number of sulfonamides is 1. The number of rotatable bonds is 7. The Kier molecular flexibility index (Phi) is 11.2. The Balaban J connectivity index is 0.000000600. The molecule has 2 atom stereocenters. The van der Waals surface area contributed by atoms with Crippen molar-refractivity contribution in [3.8, 4) is 17.1 Å². The lowest BCUT2D eigenvalue weighted by Gasteiger charge is -2.41. The molecule has 0 saturated heterocycles. The summed E-state index contributed by atoms with van der Waals surface area (Å²) in [6.07, 6.45) is -1.06. The molecule has 2 fully saturated rings. The summed E-state index contributed by atoms with van der Waals surface area (Å²) in [5.41, 5.74) is 7.63. The van der Waals surface area contributed by atoms with Crippen LogP contribution in [0.4, 0.5) is 19.1 Å². The summed E-state index contributed by atoms with van der Waals surface area (Å²) in [5, 5.41) is 0. The number of carbonyl (C=O) groups is 1. The number of hydrogen-bond acceptors (Lipinski definition) is 7. The molecule has 0 radical (unpaired) electrons. The number of carbonyl (C=O) groups excluding carboxylic acids is 1. The maximum atomic E-state index is 14.4. The molecule has 0 unspecified atom stereocenters. The number of nitrogens with two attached hydrogens (primary N) is 1. The first-order valence-electron chi connectivity index (χ1n) is 18.0. The summed E-state index contributed by atoms with van der Waals surface area (Å²) in [5.74, 6) is -0.413. The highest BCUT2D eigenvalue weighted by atomic mass is 32.2. The molecule has 2 saturated carbocycles. The van der Waals surface area contributed by atoms with Crippen molar-refractivity contribution in [2.75, 3.05) is 11.3 Å². The van der Waals surface area contributed by atoms with Crippen molar-refractivity contribution in [2.24, 2.45) is 17.1 Å². The van der Waals surface area contributed by atoms with E-state index in [1.165, 1.54) is 34.7 Å². The Hall–Kier alpha value is -4.49. The summed E-state index contributed by atoms with van der Waals surface area (Å²) in [6.45, 7) is 6.04. The first kappa shape index (κ1) is 38.2. The number of fused-ring (bicyclic) bond motifs is 4. The summed E-state index contributed by atoms with van der Waals surface area (Å²) >= 11 is 0. The molecule has 4 bridgehead atoms. The molecule has 13 heteroatoms. The topological polar surface area (TPSA) is 128 Å². The SMILES string of the molecule is Cc1cccc(C)c1-c1cc2nc(n1)NS(=O)(=O)c1cccc(c1)C(=O)N([C@@H](C)CC1CCC1)[C@H](CC1(C(F)(F)F)CC1)CO2.NCc1ccccc1.[HH].[HH]. The standard InChI is InChI=1S/C33H37F3N4O4S.C7H9N.2H2/c1-20-7-4-8-21(2)29(20)27-17-28-38-31(37-27)39-45(42,43)26-12-6-11-24(16-26)30(41)40(22(3)15-23-9-5-10-23)25(19-44-28)18-32(13-14-32)33(34,35)36;8-6-7-4-2-1-3-5-7;;/h4,6-8,11-12,16-17,22-23,25H,5,9-10,13-15,18-19H2,1-3H3,(H,37,38,39);1-5H,6,8H2;2*1H/t22-,25+;;;/m0.../s1. The lowest BCUT2D eigenvalue weighted by molar-refractivity contribution is -0.193. The van der Waals surface area contributed by atoms with E-state index in [1.807, 2.05) is 69.3 Å². The van der Waals surface area contributed by atoms with Crippen LogP contribution in [0.15, 0.2) is 83.8 Å². The monoisotopic (exact) mass is 753 g/mol. The van der Waals surface area contributed by atoms with Crippen molar-refractivity contribution in [1.29, 1.82) is 0 Å². The van der Waals surface area contributed by atoms with Gasteiger partial charge in [-0.15, -0.1) is 0 Å². The fourth-order valence-corrected chi connectivity index (χ4v) is 8.29. The van der Waals surface area contributed by atoms with Crippen LogP contribution in [0, 0.1) is 25.2 Å². The zero-order chi connectivity index (χ0) is 38.0. The van der Waals surface area contributed by atoms with E-state index in [0.29, 0.717) is 24.6 Å². The highest BCUT2D eigenvalue weighted by molar-refractivity contribution is 7.92. The summed E-state index contributed by atoms with van der Waals surface area (Å²) in [6, 6.07) is 21.5. The molecule has 2 heterocycles. The normalized spacial score (nSPS) is 19.8. The lowest BCUT2D eigenvalue weighted by Crippen LogP contribution is -2.51. The Labute approximate surface area is 312 Å². The van der Waals surface area contributed by atoms with Crippen LogP contribution in [0.1, 0.15) is 81.8 Å². The maximum absolute atomic E-state index is 14.4. The number of hydrogen-bond donors (Lipinski definition) is 2.